The lowest BCUT2D eigenvalue weighted by atomic mass is 10.2. The molecule has 0 amide bonds. The summed E-state index contributed by atoms with van der Waals surface area (Å²) in [6.07, 6.45) is 4.70. The fraction of sp³-hybridized carbons (Fsp3) is 0.583. The van der Waals surface area contributed by atoms with Crippen LogP contribution in [0.25, 0.3) is 5.65 Å². The van der Waals surface area contributed by atoms with Crippen LogP contribution in [0, 0.1) is 6.92 Å². The van der Waals surface area contributed by atoms with Gasteiger partial charge in [0, 0.05) is 18.4 Å². The van der Waals surface area contributed by atoms with Crippen molar-refractivity contribution in [2.75, 3.05) is 26.0 Å². The fourth-order valence-corrected chi connectivity index (χ4v) is 1.80. The van der Waals surface area contributed by atoms with Crippen molar-refractivity contribution in [3.8, 4) is 0 Å². The van der Waals surface area contributed by atoms with Crippen molar-refractivity contribution in [1.82, 2.24) is 24.5 Å². The van der Waals surface area contributed by atoms with E-state index < -0.39 is 0 Å². The fourth-order valence-electron chi connectivity index (χ4n) is 1.80. The first-order valence-electron chi connectivity index (χ1n) is 6.15. The summed E-state index contributed by atoms with van der Waals surface area (Å²) in [5, 5.41) is 11.6. The molecule has 2 aromatic heterocycles. The molecule has 0 radical (unpaired) electrons. The Labute approximate surface area is 107 Å². The molecule has 0 aliphatic carbocycles. The van der Waals surface area contributed by atoms with Gasteiger partial charge in [0.2, 0.25) is 5.65 Å². The lowest BCUT2D eigenvalue weighted by Gasteiger charge is -2.17. The zero-order chi connectivity index (χ0) is 13.1. The minimum absolute atomic E-state index is 0.350. The van der Waals surface area contributed by atoms with Gasteiger partial charge in [-0.15, -0.1) is 10.2 Å². The lowest BCUT2D eigenvalue weighted by Crippen LogP contribution is -2.23. The van der Waals surface area contributed by atoms with Crippen LogP contribution in [0.5, 0.6) is 0 Å². The smallest absolute Gasteiger partial charge is 0.203 e. The van der Waals surface area contributed by atoms with Gasteiger partial charge >= 0.3 is 0 Å². The quantitative estimate of drug-likeness (QED) is 0.861. The molecule has 6 heteroatoms. The zero-order valence-electron chi connectivity index (χ0n) is 11.4. The number of fused-ring (bicyclic) bond motifs is 1. The van der Waals surface area contributed by atoms with Gasteiger partial charge in [0.1, 0.15) is 5.82 Å². The van der Waals surface area contributed by atoms with Crippen LogP contribution in [-0.2, 0) is 0 Å². The summed E-state index contributed by atoms with van der Waals surface area (Å²) in [5.41, 5.74) is 0.784. The molecule has 0 saturated carbocycles. The molecule has 2 heterocycles. The van der Waals surface area contributed by atoms with Gasteiger partial charge in [0.05, 0.1) is 0 Å². The number of hydrogen-bond acceptors (Lipinski definition) is 5. The predicted molar refractivity (Wildman–Crippen MR) is 71.8 cm³/mol. The average molecular weight is 248 g/mol. The molecule has 0 saturated heterocycles. The molecule has 0 bridgehead atoms. The van der Waals surface area contributed by atoms with Crippen LogP contribution in [0.4, 0.5) is 5.82 Å². The molecule has 98 valence electrons. The van der Waals surface area contributed by atoms with E-state index in [-0.39, 0.29) is 0 Å². The van der Waals surface area contributed by atoms with Crippen molar-refractivity contribution < 1.29 is 0 Å². The van der Waals surface area contributed by atoms with Crippen LogP contribution in [0.1, 0.15) is 19.2 Å². The second-order valence-corrected chi connectivity index (χ2v) is 4.85. The number of rotatable bonds is 5. The molecule has 18 heavy (non-hydrogen) atoms. The summed E-state index contributed by atoms with van der Waals surface area (Å²) < 4.78 is 1.94. The Morgan fingerprint density at radius 2 is 2.17 bits per heavy atom. The van der Waals surface area contributed by atoms with Crippen molar-refractivity contribution in [2.45, 2.75) is 26.3 Å². The van der Waals surface area contributed by atoms with Gasteiger partial charge in [0.15, 0.2) is 5.82 Å². The first-order chi connectivity index (χ1) is 8.58. The third-order valence-electron chi connectivity index (χ3n) is 2.89. The first-order valence-corrected chi connectivity index (χ1v) is 6.15. The molecule has 2 rings (SSSR count). The molecule has 0 aliphatic heterocycles. The maximum Gasteiger partial charge on any atom is 0.203 e. The van der Waals surface area contributed by atoms with Gasteiger partial charge < -0.3 is 10.2 Å². The van der Waals surface area contributed by atoms with Crippen LogP contribution < -0.4 is 5.32 Å². The third kappa shape index (κ3) is 2.76. The van der Waals surface area contributed by atoms with E-state index in [0.717, 1.165) is 30.3 Å². The Morgan fingerprint density at radius 1 is 1.39 bits per heavy atom. The molecule has 1 N–H and O–H groups in total. The number of nitrogens with zero attached hydrogens (tertiary/aromatic N) is 5. The number of nitrogens with one attached hydrogen (secondary N) is 1. The Balaban J connectivity index is 2.11. The van der Waals surface area contributed by atoms with E-state index in [1.807, 2.05) is 17.5 Å². The number of aryl methyl sites for hydroxylation is 1. The van der Waals surface area contributed by atoms with Crippen molar-refractivity contribution in [3.05, 3.63) is 18.2 Å². The number of anilines is 1. The SMILES string of the molecule is Cc1nnc2c(NC(C)CCN(C)C)nccn12. The van der Waals surface area contributed by atoms with Crippen molar-refractivity contribution in [2.24, 2.45) is 0 Å². The van der Waals surface area contributed by atoms with Gasteiger partial charge in [-0.1, -0.05) is 0 Å². The largest absolute Gasteiger partial charge is 0.364 e. The van der Waals surface area contributed by atoms with Gasteiger partial charge in [-0.05, 0) is 40.9 Å². The van der Waals surface area contributed by atoms with Crippen LogP contribution in [-0.4, -0.2) is 51.2 Å². The predicted octanol–water partition coefficient (Wildman–Crippen LogP) is 1.18. The molecular weight excluding hydrogens is 228 g/mol. The van der Waals surface area contributed by atoms with E-state index >= 15 is 0 Å². The maximum atomic E-state index is 4.34. The van der Waals surface area contributed by atoms with E-state index in [4.69, 9.17) is 0 Å². The van der Waals surface area contributed by atoms with E-state index in [1.165, 1.54) is 0 Å². The van der Waals surface area contributed by atoms with Crippen molar-refractivity contribution in [1.29, 1.82) is 0 Å². The highest BCUT2D eigenvalue weighted by Crippen LogP contribution is 2.13. The van der Waals surface area contributed by atoms with Crippen LogP contribution in [0.15, 0.2) is 12.4 Å². The summed E-state index contributed by atoms with van der Waals surface area (Å²) in [5.74, 6) is 1.67. The summed E-state index contributed by atoms with van der Waals surface area (Å²) in [6.45, 7) is 5.13. The minimum atomic E-state index is 0.350. The van der Waals surface area contributed by atoms with Crippen LogP contribution in [0.2, 0.25) is 0 Å². The Hall–Kier alpha value is -1.69. The summed E-state index contributed by atoms with van der Waals surface area (Å²) in [4.78, 5) is 6.51. The Bertz CT molecular complexity index is 518. The van der Waals surface area contributed by atoms with Gasteiger partial charge in [-0.2, -0.15) is 0 Å². The molecule has 0 spiro atoms. The van der Waals surface area contributed by atoms with Crippen LogP contribution >= 0.6 is 0 Å². The molecule has 6 nitrogen and oxygen atoms in total. The van der Waals surface area contributed by atoms with Gasteiger partial charge in [-0.3, -0.25) is 4.40 Å². The lowest BCUT2D eigenvalue weighted by molar-refractivity contribution is 0.390. The van der Waals surface area contributed by atoms with Crippen molar-refractivity contribution in [3.63, 3.8) is 0 Å². The summed E-state index contributed by atoms with van der Waals surface area (Å²) in [6, 6.07) is 0.350. The molecule has 1 unspecified atom stereocenters. The zero-order valence-corrected chi connectivity index (χ0v) is 11.4. The highest BCUT2D eigenvalue weighted by molar-refractivity contribution is 5.62. The summed E-state index contributed by atoms with van der Waals surface area (Å²) >= 11 is 0. The Kier molecular flexibility index (Phi) is 3.76. The number of aromatic nitrogens is 4. The molecule has 0 aromatic carbocycles. The van der Waals surface area contributed by atoms with E-state index in [2.05, 4.69) is 46.4 Å². The van der Waals surface area contributed by atoms with Crippen molar-refractivity contribution >= 4 is 11.5 Å². The van der Waals surface area contributed by atoms with Gasteiger partial charge in [-0.25, -0.2) is 4.98 Å². The standard InChI is InChI=1S/C12H20N6/c1-9(5-7-17(3)4)14-11-12-16-15-10(2)18(12)8-6-13-11/h6,8-9H,5,7H2,1-4H3,(H,13,14). The van der Waals surface area contributed by atoms with E-state index in [1.54, 1.807) is 6.20 Å². The normalized spacial score (nSPS) is 13.2. The minimum Gasteiger partial charge on any atom is -0.364 e. The van der Waals surface area contributed by atoms with E-state index in [0.29, 0.717) is 6.04 Å². The highest BCUT2D eigenvalue weighted by atomic mass is 15.3. The highest BCUT2D eigenvalue weighted by Gasteiger charge is 2.10. The first kappa shape index (κ1) is 12.8. The second-order valence-electron chi connectivity index (χ2n) is 4.85. The molecule has 0 fully saturated rings. The third-order valence-corrected chi connectivity index (χ3v) is 2.89. The second kappa shape index (κ2) is 5.30. The number of hydrogen-bond donors (Lipinski definition) is 1. The molecule has 0 aliphatic rings. The summed E-state index contributed by atoms with van der Waals surface area (Å²) in [7, 11) is 4.15. The Morgan fingerprint density at radius 3 is 2.89 bits per heavy atom. The van der Waals surface area contributed by atoms with E-state index in [9.17, 15) is 0 Å². The molecular formula is C12H20N6. The molecule has 2 aromatic rings. The maximum absolute atomic E-state index is 4.34. The monoisotopic (exact) mass is 248 g/mol. The topological polar surface area (TPSA) is 58.4 Å². The average Bonchev–Trinajstić information content (AvgIpc) is 2.70. The van der Waals surface area contributed by atoms with Crippen LogP contribution in [0.3, 0.4) is 0 Å². The molecule has 1 atom stereocenters. The van der Waals surface area contributed by atoms with Gasteiger partial charge in [0.25, 0.3) is 0 Å².